The van der Waals surface area contributed by atoms with Crippen LogP contribution in [0.15, 0.2) is 36.5 Å². The van der Waals surface area contributed by atoms with Gasteiger partial charge in [0.2, 0.25) is 0 Å². The molecule has 0 spiro atoms. The standard InChI is InChI=1S/C10H10.3CO.Cr/c1-2-7-10-8-5-3-4-6-9-10;3*1-2;/h1,3-6,8-10H,7H2;;;;. The Kier molecular flexibility index (Phi) is 42.5. The van der Waals surface area contributed by atoms with Gasteiger partial charge in [-0.3, -0.25) is 0 Å². The van der Waals surface area contributed by atoms with Crippen molar-refractivity contribution in [2.75, 3.05) is 0 Å². The van der Waals surface area contributed by atoms with Crippen LogP contribution in [0.3, 0.4) is 0 Å². The van der Waals surface area contributed by atoms with E-state index in [1.807, 2.05) is 24.3 Å². The first kappa shape index (κ1) is 24.7. The molecule has 0 aromatic rings. The van der Waals surface area contributed by atoms with Crippen LogP contribution in [0.25, 0.3) is 0 Å². The third-order valence-electron chi connectivity index (χ3n) is 1.40. The minimum atomic E-state index is 0. The van der Waals surface area contributed by atoms with Gasteiger partial charge in [-0.05, 0) is 0 Å². The Balaban J connectivity index is -0.000000106. The Hall–Kier alpha value is -1.47. The van der Waals surface area contributed by atoms with Crippen molar-refractivity contribution in [3.63, 3.8) is 0 Å². The normalized spacial score (nSPS) is 10.2. The Bertz CT molecular complexity index is 297. The topological polar surface area (TPSA) is 59.7 Å². The van der Waals surface area contributed by atoms with Crippen LogP contribution in [0.2, 0.25) is 0 Å². The molecule has 0 saturated heterocycles. The molecule has 17 heavy (non-hydrogen) atoms. The van der Waals surface area contributed by atoms with E-state index in [1.54, 1.807) is 0 Å². The van der Waals surface area contributed by atoms with Crippen LogP contribution in [0.1, 0.15) is 6.42 Å². The fraction of sp³-hybridized carbons (Fsp3) is 0.154. The molecular weight excluding hydrogens is 256 g/mol. The van der Waals surface area contributed by atoms with Gasteiger partial charge >= 0.3 is 33.9 Å². The monoisotopic (exact) mass is 266 g/mol. The molecule has 0 unspecified atom stereocenters. The van der Waals surface area contributed by atoms with Crippen molar-refractivity contribution in [2.24, 2.45) is 5.92 Å². The van der Waals surface area contributed by atoms with E-state index in [0.29, 0.717) is 5.92 Å². The summed E-state index contributed by atoms with van der Waals surface area (Å²) < 4.78 is 22.5. The molecule has 0 aromatic carbocycles. The van der Waals surface area contributed by atoms with Gasteiger partial charge in [-0.25, -0.2) is 0 Å². The van der Waals surface area contributed by atoms with Crippen molar-refractivity contribution < 1.29 is 31.3 Å². The van der Waals surface area contributed by atoms with Gasteiger partial charge in [-0.15, -0.1) is 12.3 Å². The van der Waals surface area contributed by atoms with Gasteiger partial charge in [0.15, 0.2) is 0 Å². The van der Waals surface area contributed by atoms with Crippen molar-refractivity contribution >= 4 is 0 Å². The molecule has 0 atom stereocenters. The van der Waals surface area contributed by atoms with Crippen LogP contribution in [0.4, 0.5) is 0 Å². The zero-order valence-corrected chi connectivity index (χ0v) is 10.2. The predicted octanol–water partition coefficient (Wildman–Crippen LogP) is 2.19. The number of terminal acetylenes is 1. The molecule has 86 valence electrons. The zero-order valence-electron chi connectivity index (χ0n) is 8.96. The molecule has 0 aromatic heterocycles. The summed E-state index contributed by atoms with van der Waals surface area (Å²) in [5, 5.41) is 0. The Morgan fingerprint density at radius 2 is 1.24 bits per heavy atom. The van der Waals surface area contributed by atoms with E-state index < -0.39 is 0 Å². The summed E-state index contributed by atoms with van der Waals surface area (Å²) in [5.74, 6) is 3.07. The average molecular weight is 266 g/mol. The maximum absolute atomic E-state index is 7.50. The van der Waals surface area contributed by atoms with Crippen molar-refractivity contribution in [3.8, 4) is 12.3 Å². The van der Waals surface area contributed by atoms with E-state index in [-0.39, 0.29) is 17.4 Å². The number of hydrogen-bond donors (Lipinski definition) is 0. The first-order valence-corrected chi connectivity index (χ1v) is 4.00. The van der Waals surface area contributed by atoms with Crippen molar-refractivity contribution in [1.82, 2.24) is 0 Å². The van der Waals surface area contributed by atoms with Crippen LogP contribution in [0, 0.1) is 38.2 Å². The van der Waals surface area contributed by atoms with E-state index in [4.69, 9.17) is 20.4 Å². The molecule has 0 saturated carbocycles. The molecule has 0 heterocycles. The van der Waals surface area contributed by atoms with E-state index >= 15 is 0 Å². The maximum Gasteiger partial charge on any atom is 0 e. The zero-order chi connectivity index (χ0) is 13.2. The molecule has 0 fully saturated rings. The Labute approximate surface area is 113 Å². The summed E-state index contributed by atoms with van der Waals surface area (Å²) in [6.07, 6.45) is 18.3. The summed E-state index contributed by atoms with van der Waals surface area (Å²) in [6, 6.07) is 0. The largest absolute Gasteiger partial charge is 0 e. The van der Waals surface area contributed by atoms with Crippen LogP contribution in [-0.4, -0.2) is 0 Å². The summed E-state index contributed by atoms with van der Waals surface area (Å²) in [4.78, 5) is 0. The second-order valence-electron chi connectivity index (χ2n) is 2.23. The average Bonchev–Trinajstić information content (AvgIpc) is 2.66. The van der Waals surface area contributed by atoms with Gasteiger partial charge in [0.25, 0.3) is 0 Å². The van der Waals surface area contributed by atoms with Crippen LogP contribution >= 0.6 is 0 Å². The molecule has 0 radical (unpaired) electrons. The SMILES string of the molecule is C#CCC1C=CC=CC=C1.[C-]#[O+].[C-]#[O+].[C-]#[O+].[Cr]. The second kappa shape index (κ2) is 29.3. The van der Waals surface area contributed by atoms with E-state index in [9.17, 15) is 0 Å². The third kappa shape index (κ3) is 20.6. The molecule has 0 amide bonds. The van der Waals surface area contributed by atoms with E-state index in [0.717, 1.165) is 6.42 Å². The van der Waals surface area contributed by atoms with Crippen molar-refractivity contribution in [1.29, 1.82) is 0 Å². The van der Waals surface area contributed by atoms with Crippen LogP contribution in [-0.2, 0) is 31.3 Å². The first-order valence-electron chi connectivity index (χ1n) is 4.00. The molecule has 1 aliphatic rings. The fourth-order valence-electron chi connectivity index (χ4n) is 0.878. The second-order valence-corrected chi connectivity index (χ2v) is 2.23. The van der Waals surface area contributed by atoms with Crippen molar-refractivity contribution in [2.45, 2.75) is 6.42 Å². The summed E-state index contributed by atoms with van der Waals surface area (Å²) >= 11 is 0. The molecule has 0 N–H and O–H groups in total. The van der Waals surface area contributed by atoms with Gasteiger partial charge < -0.3 is 0 Å². The fourth-order valence-corrected chi connectivity index (χ4v) is 0.878. The number of allylic oxidation sites excluding steroid dienone is 6. The smallest absolute Gasteiger partial charge is 0 e. The molecule has 1 rings (SSSR count). The quantitative estimate of drug-likeness (QED) is 0.397. The van der Waals surface area contributed by atoms with Crippen molar-refractivity contribution in [3.05, 3.63) is 56.4 Å². The summed E-state index contributed by atoms with van der Waals surface area (Å²) in [7, 11) is 0. The number of rotatable bonds is 1. The minimum absolute atomic E-state index is 0. The first-order chi connectivity index (χ1) is 7.93. The molecule has 0 bridgehead atoms. The molecule has 3 nitrogen and oxygen atoms in total. The molecular formula is C13H10CrO3. The predicted molar refractivity (Wildman–Crippen MR) is 56.1 cm³/mol. The van der Waals surface area contributed by atoms with Gasteiger partial charge in [0.05, 0.1) is 0 Å². The third-order valence-corrected chi connectivity index (χ3v) is 1.40. The van der Waals surface area contributed by atoms with Gasteiger partial charge in [0.1, 0.15) is 0 Å². The van der Waals surface area contributed by atoms with E-state index in [1.165, 1.54) is 0 Å². The van der Waals surface area contributed by atoms with Crippen LogP contribution in [0.5, 0.6) is 0 Å². The molecule has 0 aliphatic heterocycles. The Morgan fingerprint density at radius 1 is 0.882 bits per heavy atom. The van der Waals surface area contributed by atoms with Gasteiger partial charge in [-0.2, -0.15) is 0 Å². The van der Waals surface area contributed by atoms with Crippen LogP contribution < -0.4 is 0 Å². The Morgan fingerprint density at radius 3 is 1.53 bits per heavy atom. The van der Waals surface area contributed by atoms with E-state index in [2.05, 4.69) is 38.0 Å². The minimum Gasteiger partial charge on any atom is 0 e. The molecule has 1 aliphatic carbocycles. The number of hydrogen-bond acceptors (Lipinski definition) is 0. The molecule has 4 heteroatoms. The maximum atomic E-state index is 7.50. The van der Waals surface area contributed by atoms with Gasteiger partial charge in [-0.1, -0.05) is 36.5 Å². The summed E-state index contributed by atoms with van der Waals surface area (Å²) in [6.45, 7) is 13.5. The van der Waals surface area contributed by atoms with Gasteiger partial charge in [0, 0.05) is 29.7 Å². The summed E-state index contributed by atoms with van der Waals surface area (Å²) in [5.41, 5.74) is 0.